The number of hydrogen-bond donors (Lipinski definition) is 1. The van der Waals surface area contributed by atoms with Gasteiger partial charge in [0.15, 0.2) is 5.79 Å². The Morgan fingerprint density at radius 2 is 1.86 bits per heavy atom. The molecule has 1 amide bonds. The fourth-order valence-corrected chi connectivity index (χ4v) is 5.56. The minimum atomic E-state index is -0.839. The third-order valence-corrected chi connectivity index (χ3v) is 6.77. The second kappa shape index (κ2) is 8.04. The summed E-state index contributed by atoms with van der Waals surface area (Å²) in [5.41, 5.74) is -0.890. The van der Waals surface area contributed by atoms with Crippen molar-refractivity contribution in [3.05, 3.63) is 0 Å². The first-order chi connectivity index (χ1) is 13.6. The lowest BCUT2D eigenvalue weighted by Crippen LogP contribution is -2.67. The maximum atomic E-state index is 12.8. The van der Waals surface area contributed by atoms with Crippen molar-refractivity contribution in [2.75, 3.05) is 33.9 Å². The number of methoxy groups -OCH3 is 2. The van der Waals surface area contributed by atoms with Crippen LogP contribution in [0.5, 0.6) is 0 Å². The van der Waals surface area contributed by atoms with Gasteiger partial charge in [-0.25, -0.2) is 4.79 Å². The van der Waals surface area contributed by atoms with Crippen molar-refractivity contribution in [1.29, 1.82) is 0 Å². The lowest BCUT2D eigenvalue weighted by atomic mass is 9.58. The molecule has 166 valence electrons. The molecule has 1 N–H and O–H groups in total. The maximum Gasteiger partial charge on any atom is 0.410 e. The summed E-state index contributed by atoms with van der Waals surface area (Å²) < 4.78 is 22.7. The van der Waals surface area contributed by atoms with Crippen molar-refractivity contribution in [2.45, 2.75) is 76.9 Å². The molecule has 2 saturated heterocycles. The van der Waals surface area contributed by atoms with Gasteiger partial charge in [-0.3, -0.25) is 10.1 Å². The Bertz CT molecular complexity index is 629. The summed E-state index contributed by atoms with van der Waals surface area (Å²) in [6, 6.07) is -0.660. The second-order valence-electron chi connectivity index (χ2n) is 9.49. The summed E-state index contributed by atoms with van der Waals surface area (Å²) in [4.78, 5) is 27.2. The predicted octanol–water partition coefficient (Wildman–Crippen LogP) is 2.31. The van der Waals surface area contributed by atoms with Crippen molar-refractivity contribution in [3.63, 3.8) is 0 Å². The lowest BCUT2D eigenvalue weighted by Gasteiger charge is -2.57. The highest BCUT2D eigenvalue weighted by molar-refractivity contribution is 5.76. The van der Waals surface area contributed by atoms with E-state index >= 15 is 0 Å². The van der Waals surface area contributed by atoms with E-state index in [1.807, 2.05) is 20.8 Å². The van der Waals surface area contributed by atoms with Crippen LogP contribution in [0.1, 0.15) is 53.4 Å². The summed E-state index contributed by atoms with van der Waals surface area (Å²) in [6.07, 6.45) is 2.82. The Kier molecular flexibility index (Phi) is 6.18. The quantitative estimate of drug-likeness (QED) is 0.560. The zero-order valence-electron chi connectivity index (χ0n) is 18.6. The maximum absolute atomic E-state index is 12.8. The predicted molar refractivity (Wildman–Crippen MR) is 106 cm³/mol. The molecule has 8 nitrogen and oxygen atoms in total. The smallest absolute Gasteiger partial charge is 0.410 e. The van der Waals surface area contributed by atoms with E-state index in [1.165, 1.54) is 0 Å². The summed E-state index contributed by atoms with van der Waals surface area (Å²) in [6.45, 7) is 8.92. The fraction of sp³-hybridized carbons (Fsp3) is 0.905. The number of piperidine rings is 1. The molecule has 0 aromatic rings. The van der Waals surface area contributed by atoms with Crippen LogP contribution in [0.25, 0.3) is 0 Å². The second-order valence-corrected chi connectivity index (χ2v) is 9.49. The summed E-state index contributed by atoms with van der Waals surface area (Å²) >= 11 is 0. The first kappa shape index (κ1) is 22.3. The van der Waals surface area contributed by atoms with E-state index < -0.39 is 17.4 Å². The molecule has 0 aromatic heterocycles. The minimum Gasteiger partial charge on any atom is -0.465 e. The van der Waals surface area contributed by atoms with E-state index in [1.54, 1.807) is 26.0 Å². The number of rotatable bonds is 4. The topological polar surface area (TPSA) is 86.3 Å². The molecule has 29 heavy (non-hydrogen) atoms. The molecular weight excluding hydrogens is 376 g/mol. The van der Waals surface area contributed by atoms with E-state index in [4.69, 9.17) is 18.9 Å². The number of amides is 1. The van der Waals surface area contributed by atoms with Gasteiger partial charge < -0.3 is 23.8 Å². The first-order valence-electron chi connectivity index (χ1n) is 10.6. The molecule has 0 unspecified atom stereocenters. The van der Waals surface area contributed by atoms with E-state index in [-0.39, 0.29) is 23.5 Å². The average Bonchev–Trinajstić information content (AvgIpc) is 3.05. The van der Waals surface area contributed by atoms with Crippen molar-refractivity contribution < 1.29 is 28.5 Å². The Morgan fingerprint density at radius 3 is 2.45 bits per heavy atom. The van der Waals surface area contributed by atoms with E-state index in [9.17, 15) is 9.59 Å². The van der Waals surface area contributed by atoms with E-state index in [0.29, 0.717) is 32.0 Å². The van der Waals surface area contributed by atoms with E-state index in [2.05, 4.69) is 5.32 Å². The highest BCUT2D eigenvalue weighted by atomic mass is 16.7. The summed E-state index contributed by atoms with van der Waals surface area (Å²) in [5, 5.41) is 3.46. The van der Waals surface area contributed by atoms with Crippen LogP contribution in [-0.2, 0) is 23.7 Å². The molecule has 3 fully saturated rings. The van der Waals surface area contributed by atoms with Crippen LogP contribution in [0, 0.1) is 11.3 Å². The number of carbonyl (C=O) groups is 2. The third-order valence-electron chi connectivity index (χ3n) is 6.77. The Balaban J connectivity index is 1.92. The van der Waals surface area contributed by atoms with Crippen molar-refractivity contribution in [1.82, 2.24) is 10.2 Å². The van der Waals surface area contributed by atoms with Crippen LogP contribution in [0.2, 0.25) is 0 Å². The number of carbonyl (C=O) groups excluding carboxylic acids is 2. The molecule has 1 aliphatic carbocycles. The van der Waals surface area contributed by atoms with Gasteiger partial charge in [-0.2, -0.15) is 0 Å². The molecule has 1 spiro atoms. The zero-order valence-corrected chi connectivity index (χ0v) is 18.6. The molecule has 0 bridgehead atoms. The van der Waals surface area contributed by atoms with Gasteiger partial charge in [-0.05, 0) is 52.9 Å². The summed E-state index contributed by atoms with van der Waals surface area (Å²) in [5.74, 6) is -0.726. The molecule has 8 heteroatoms. The largest absolute Gasteiger partial charge is 0.465 e. The SMILES string of the molecule is CCOC(=O)[C@@H]1C[C@]23CN(C(=O)OC(C)(C)C)CC[C@H]2CCC(OC)(OC)[C@@H]3N1. The van der Waals surface area contributed by atoms with Gasteiger partial charge in [0.2, 0.25) is 0 Å². The molecule has 4 atom stereocenters. The molecule has 0 aromatic carbocycles. The Hall–Kier alpha value is -1.38. The first-order valence-corrected chi connectivity index (χ1v) is 10.6. The molecule has 2 aliphatic heterocycles. The summed E-state index contributed by atoms with van der Waals surface area (Å²) in [7, 11) is 3.29. The van der Waals surface area contributed by atoms with Gasteiger partial charge in [0.25, 0.3) is 0 Å². The minimum absolute atomic E-state index is 0.219. The van der Waals surface area contributed by atoms with Gasteiger partial charge in [0, 0.05) is 39.1 Å². The van der Waals surface area contributed by atoms with Crippen molar-refractivity contribution in [2.24, 2.45) is 11.3 Å². The van der Waals surface area contributed by atoms with Crippen LogP contribution in [0.3, 0.4) is 0 Å². The normalized spacial score (nSPS) is 33.6. The number of nitrogens with zero attached hydrogens (tertiary/aromatic N) is 1. The van der Waals surface area contributed by atoms with Crippen LogP contribution in [-0.4, -0.2) is 74.4 Å². The fourth-order valence-electron chi connectivity index (χ4n) is 5.56. The Morgan fingerprint density at radius 1 is 1.17 bits per heavy atom. The lowest BCUT2D eigenvalue weighted by molar-refractivity contribution is -0.268. The zero-order chi connectivity index (χ0) is 21.4. The molecule has 3 aliphatic rings. The van der Waals surface area contributed by atoms with Gasteiger partial charge in [-0.15, -0.1) is 0 Å². The van der Waals surface area contributed by atoms with E-state index in [0.717, 1.165) is 19.3 Å². The van der Waals surface area contributed by atoms with Crippen molar-refractivity contribution in [3.8, 4) is 0 Å². The molecular formula is C21H36N2O6. The van der Waals surface area contributed by atoms with Gasteiger partial charge in [0.05, 0.1) is 12.6 Å². The van der Waals surface area contributed by atoms with Crippen LogP contribution in [0.4, 0.5) is 4.79 Å². The molecule has 3 rings (SSSR count). The number of esters is 1. The third kappa shape index (κ3) is 3.99. The molecule has 2 heterocycles. The monoisotopic (exact) mass is 412 g/mol. The number of likely N-dealkylation sites (tertiary alicyclic amines) is 1. The number of hydrogen-bond acceptors (Lipinski definition) is 7. The standard InChI is InChI=1S/C21H36N2O6/c1-7-28-16(24)15-12-20-13-23(18(25)29-19(2,3)4)11-9-14(20)8-10-21(26-5,27-6)17(20)22-15/h14-15,17,22H,7-13H2,1-6H3/t14-,15+,17-,20+/m1/s1. The van der Waals surface area contributed by atoms with Gasteiger partial charge >= 0.3 is 12.1 Å². The van der Waals surface area contributed by atoms with Crippen molar-refractivity contribution >= 4 is 12.1 Å². The molecule has 1 saturated carbocycles. The van der Waals surface area contributed by atoms with Gasteiger partial charge in [0.1, 0.15) is 11.6 Å². The highest BCUT2D eigenvalue weighted by Crippen LogP contribution is 2.56. The van der Waals surface area contributed by atoms with Crippen LogP contribution >= 0.6 is 0 Å². The van der Waals surface area contributed by atoms with Crippen LogP contribution < -0.4 is 5.32 Å². The average molecular weight is 413 g/mol. The number of ether oxygens (including phenoxy) is 4. The van der Waals surface area contributed by atoms with Gasteiger partial charge in [-0.1, -0.05) is 0 Å². The number of nitrogens with one attached hydrogen (secondary N) is 1. The van der Waals surface area contributed by atoms with Crippen LogP contribution in [0.15, 0.2) is 0 Å². The molecule has 0 radical (unpaired) electrons. The Labute approximate surface area is 173 Å². The highest BCUT2D eigenvalue weighted by Gasteiger charge is 2.66.